The average Bonchev–Trinajstić information content (AvgIpc) is 3.31. The number of imidazole rings is 1. The molecule has 1 saturated heterocycles. The number of aromatic nitrogens is 5. The van der Waals surface area contributed by atoms with Gasteiger partial charge in [0.15, 0.2) is 5.69 Å². The van der Waals surface area contributed by atoms with Gasteiger partial charge >= 0.3 is 0 Å². The molecule has 136 valence electrons. The summed E-state index contributed by atoms with van der Waals surface area (Å²) in [4.78, 5) is 19.2. The molecule has 4 rings (SSSR count). The van der Waals surface area contributed by atoms with Crippen molar-refractivity contribution in [1.29, 1.82) is 0 Å². The van der Waals surface area contributed by atoms with Crippen LogP contribution in [-0.4, -0.2) is 55.0 Å². The number of carbonyl (C=O) groups excluding carboxylic acids is 1. The molecule has 1 aromatic carbocycles. The van der Waals surface area contributed by atoms with Gasteiger partial charge in [-0.3, -0.25) is 4.79 Å². The molecule has 0 bridgehead atoms. The van der Waals surface area contributed by atoms with E-state index in [1.54, 1.807) is 17.1 Å². The van der Waals surface area contributed by atoms with Crippen molar-refractivity contribution in [3.05, 3.63) is 60.4 Å². The molecule has 1 unspecified atom stereocenters. The lowest BCUT2D eigenvalue weighted by Crippen LogP contribution is -2.49. The summed E-state index contributed by atoms with van der Waals surface area (Å²) in [5, 5.41) is 11.5. The number of amides is 1. The van der Waals surface area contributed by atoms with Crippen LogP contribution in [0.4, 0.5) is 0 Å². The lowest BCUT2D eigenvalue weighted by molar-refractivity contribution is 0.0614. The smallest absolute Gasteiger partial charge is 0.276 e. The van der Waals surface area contributed by atoms with Crippen molar-refractivity contribution in [3.63, 3.8) is 0 Å². The summed E-state index contributed by atoms with van der Waals surface area (Å²) >= 11 is 0. The zero-order valence-electron chi connectivity index (χ0n) is 14.3. The van der Waals surface area contributed by atoms with E-state index < -0.39 is 0 Å². The Morgan fingerprint density at radius 1 is 1.27 bits per heavy atom. The van der Waals surface area contributed by atoms with E-state index >= 15 is 0 Å². The van der Waals surface area contributed by atoms with Crippen LogP contribution in [-0.2, 0) is 7.05 Å². The van der Waals surface area contributed by atoms with Crippen molar-refractivity contribution < 1.29 is 4.79 Å². The van der Waals surface area contributed by atoms with Gasteiger partial charge in [-0.25, -0.2) is 9.67 Å². The van der Waals surface area contributed by atoms with Crippen LogP contribution in [0.15, 0.2) is 48.9 Å². The Hall–Kier alpha value is -2.71. The zero-order chi connectivity index (χ0) is 17.2. The van der Waals surface area contributed by atoms with Gasteiger partial charge in [0.2, 0.25) is 0 Å². The second-order valence-corrected chi connectivity index (χ2v) is 6.00. The van der Waals surface area contributed by atoms with Crippen LogP contribution in [0.25, 0.3) is 5.69 Å². The topological polar surface area (TPSA) is 80.9 Å². The monoisotopic (exact) mass is 373 g/mol. The van der Waals surface area contributed by atoms with E-state index in [4.69, 9.17) is 0 Å². The van der Waals surface area contributed by atoms with Gasteiger partial charge in [-0.15, -0.1) is 17.5 Å². The molecular weight excluding hydrogens is 354 g/mol. The molecule has 1 fully saturated rings. The van der Waals surface area contributed by atoms with Crippen molar-refractivity contribution in [2.24, 2.45) is 7.05 Å². The highest BCUT2D eigenvalue weighted by Crippen LogP contribution is 2.22. The van der Waals surface area contributed by atoms with Crippen LogP contribution in [0.2, 0.25) is 0 Å². The van der Waals surface area contributed by atoms with Crippen LogP contribution < -0.4 is 5.32 Å². The molecule has 9 heteroatoms. The van der Waals surface area contributed by atoms with Crippen LogP contribution in [0.5, 0.6) is 0 Å². The number of rotatable bonds is 3. The van der Waals surface area contributed by atoms with Gasteiger partial charge in [0.05, 0.1) is 11.9 Å². The van der Waals surface area contributed by atoms with E-state index in [9.17, 15) is 4.79 Å². The zero-order valence-corrected chi connectivity index (χ0v) is 15.1. The van der Waals surface area contributed by atoms with Gasteiger partial charge in [-0.05, 0) is 12.1 Å². The first-order chi connectivity index (χ1) is 12.2. The SMILES string of the molecule is Cl.Cn1ccnc1C1CNCCN1C(=O)c1cn(-c2ccccc2)nn1. The molecule has 1 amide bonds. The minimum atomic E-state index is -0.128. The lowest BCUT2D eigenvalue weighted by atomic mass is 10.1. The van der Waals surface area contributed by atoms with Gasteiger partial charge < -0.3 is 14.8 Å². The Morgan fingerprint density at radius 2 is 2.08 bits per heavy atom. The molecule has 1 atom stereocenters. The Bertz CT molecular complexity index is 876. The first-order valence-electron chi connectivity index (χ1n) is 8.21. The Kier molecular flexibility index (Phi) is 5.34. The van der Waals surface area contributed by atoms with Gasteiger partial charge in [0.25, 0.3) is 5.91 Å². The van der Waals surface area contributed by atoms with Gasteiger partial charge in [-0.2, -0.15) is 0 Å². The molecule has 1 N–H and O–H groups in total. The summed E-state index contributed by atoms with van der Waals surface area (Å²) in [6, 6.07) is 9.50. The second kappa shape index (κ2) is 7.67. The minimum Gasteiger partial charge on any atom is -0.336 e. The third kappa shape index (κ3) is 3.33. The number of para-hydroxylation sites is 1. The summed E-state index contributed by atoms with van der Waals surface area (Å²) < 4.78 is 3.56. The number of aryl methyl sites for hydroxylation is 1. The van der Waals surface area contributed by atoms with E-state index in [0.29, 0.717) is 18.8 Å². The number of carbonyl (C=O) groups is 1. The summed E-state index contributed by atoms with van der Waals surface area (Å²) in [5.41, 5.74) is 1.21. The fourth-order valence-electron chi connectivity index (χ4n) is 3.09. The Balaban J connectivity index is 0.00000196. The fourth-order valence-corrected chi connectivity index (χ4v) is 3.09. The predicted molar refractivity (Wildman–Crippen MR) is 98.5 cm³/mol. The van der Waals surface area contributed by atoms with Crippen LogP contribution >= 0.6 is 12.4 Å². The lowest BCUT2D eigenvalue weighted by Gasteiger charge is -2.35. The number of nitrogens with one attached hydrogen (secondary N) is 1. The van der Waals surface area contributed by atoms with Crippen molar-refractivity contribution in [3.8, 4) is 5.69 Å². The molecular formula is C17H20ClN7O. The highest BCUT2D eigenvalue weighted by Gasteiger charge is 2.32. The highest BCUT2D eigenvalue weighted by molar-refractivity contribution is 5.92. The molecule has 0 saturated carbocycles. The quantitative estimate of drug-likeness (QED) is 0.746. The maximum absolute atomic E-state index is 13.0. The molecule has 0 aliphatic carbocycles. The summed E-state index contributed by atoms with van der Waals surface area (Å²) in [6.07, 6.45) is 5.31. The van der Waals surface area contributed by atoms with Crippen molar-refractivity contribution >= 4 is 18.3 Å². The molecule has 1 aliphatic rings. The first kappa shape index (κ1) is 18.1. The second-order valence-electron chi connectivity index (χ2n) is 6.00. The van der Waals surface area contributed by atoms with Crippen LogP contribution in [0, 0.1) is 0 Å². The van der Waals surface area contributed by atoms with Gasteiger partial charge in [0, 0.05) is 39.1 Å². The average molecular weight is 374 g/mol. The van der Waals surface area contributed by atoms with Crippen LogP contribution in [0.3, 0.4) is 0 Å². The van der Waals surface area contributed by atoms with E-state index in [1.807, 2.05) is 53.0 Å². The number of halogens is 1. The molecule has 0 radical (unpaired) electrons. The largest absolute Gasteiger partial charge is 0.336 e. The van der Waals surface area contributed by atoms with Crippen molar-refractivity contribution in [2.45, 2.75) is 6.04 Å². The van der Waals surface area contributed by atoms with Crippen molar-refractivity contribution in [2.75, 3.05) is 19.6 Å². The van der Waals surface area contributed by atoms with Crippen LogP contribution in [0.1, 0.15) is 22.4 Å². The third-order valence-electron chi connectivity index (χ3n) is 4.39. The molecule has 8 nitrogen and oxygen atoms in total. The fraction of sp³-hybridized carbons (Fsp3) is 0.294. The first-order valence-corrected chi connectivity index (χ1v) is 8.21. The molecule has 26 heavy (non-hydrogen) atoms. The number of nitrogens with zero attached hydrogens (tertiary/aromatic N) is 6. The number of hydrogen-bond acceptors (Lipinski definition) is 5. The predicted octanol–water partition coefficient (Wildman–Crippen LogP) is 1.21. The number of hydrogen-bond donors (Lipinski definition) is 1. The molecule has 1 aliphatic heterocycles. The van der Waals surface area contributed by atoms with E-state index in [0.717, 1.165) is 18.1 Å². The third-order valence-corrected chi connectivity index (χ3v) is 4.39. The normalized spacial score (nSPS) is 17.0. The molecule has 2 aromatic heterocycles. The molecule has 3 aromatic rings. The maximum Gasteiger partial charge on any atom is 0.276 e. The Labute approximate surface area is 157 Å². The Morgan fingerprint density at radius 3 is 2.81 bits per heavy atom. The maximum atomic E-state index is 13.0. The summed E-state index contributed by atoms with van der Waals surface area (Å²) in [5.74, 6) is 0.729. The van der Waals surface area contributed by atoms with E-state index in [2.05, 4.69) is 20.6 Å². The van der Waals surface area contributed by atoms with Gasteiger partial charge in [0.1, 0.15) is 11.9 Å². The van der Waals surface area contributed by atoms with Gasteiger partial charge in [-0.1, -0.05) is 23.4 Å². The number of piperazine rings is 1. The molecule has 3 heterocycles. The van der Waals surface area contributed by atoms with E-state index in [1.165, 1.54) is 0 Å². The number of benzene rings is 1. The van der Waals surface area contributed by atoms with Crippen molar-refractivity contribution in [1.82, 2.24) is 34.8 Å². The minimum absolute atomic E-state index is 0. The highest BCUT2D eigenvalue weighted by atomic mass is 35.5. The summed E-state index contributed by atoms with van der Waals surface area (Å²) in [6.45, 7) is 2.03. The summed E-state index contributed by atoms with van der Waals surface area (Å²) in [7, 11) is 1.94. The molecule has 0 spiro atoms. The standard InChI is InChI=1S/C17H19N7O.ClH/c1-22-9-8-19-16(22)15-11-18-7-10-23(15)17(25)14-12-24(21-20-14)13-5-3-2-4-6-13;/h2-6,8-9,12,15,18H,7,10-11H2,1H3;1H. The van der Waals surface area contributed by atoms with E-state index in [-0.39, 0.29) is 24.4 Å².